The number of anilines is 1. The van der Waals surface area contributed by atoms with Crippen LogP contribution in [0.15, 0.2) is 24.2 Å². The molecule has 0 saturated heterocycles. The van der Waals surface area contributed by atoms with Gasteiger partial charge in [0.15, 0.2) is 0 Å². The van der Waals surface area contributed by atoms with Crippen LogP contribution in [-0.2, 0) is 0 Å². The third kappa shape index (κ3) is 5.72. The van der Waals surface area contributed by atoms with Gasteiger partial charge in [-0.05, 0) is 17.7 Å². The smallest absolute Gasteiger partial charge is 0.445 e. The average Bonchev–Trinajstić information content (AvgIpc) is 2.06. The zero-order valence-electron chi connectivity index (χ0n) is 8.05. The van der Waals surface area contributed by atoms with Crippen LogP contribution in [0.5, 0.6) is 0 Å². The van der Waals surface area contributed by atoms with Crippen LogP contribution in [0.25, 0.3) is 6.08 Å². The van der Waals surface area contributed by atoms with Crippen molar-refractivity contribution in [1.29, 1.82) is 0 Å². The number of nitrogens with two attached hydrogens (primary N) is 1. The van der Waals surface area contributed by atoms with E-state index in [1.54, 1.807) is 0 Å². The van der Waals surface area contributed by atoms with Gasteiger partial charge in [-0.2, -0.15) is 0 Å². The van der Waals surface area contributed by atoms with Gasteiger partial charge in [0.2, 0.25) is 0 Å². The molecule has 0 atom stereocenters. The Kier molecular flexibility index (Phi) is 6.12. The predicted octanol–water partition coefficient (Wildman–Crippen LogP) is -0.188. The van der Waals surface area contributed by atoms with Gasteiger partial charge in [-0.1, -0.05) is 12.1 Å². The minimum Gasteiger partial charge on any atom is -0.445 e. The van der Waals surface area contributed by atoms with Gasteiger partial charge in [0.05, 0.1) is 5.69 Å². The summed E-state index contributed by atoms with van der Waals surface area (Å²) in [7, 11) is 0. The van der Waals surface area contributed by atoms with Crippen LogP contribution in [0.3, 0.4) is 0 Å². The molecular formula is C8H7BF4KN. The topological polar surface area (TPSA) is 26.0 Å². The molecule has 0 aliphatic rings. The molecule has 0 radical (unpaired) electrons. The van der Waals surface area contributed by atoms with Gasteiger partial charge >= 0.3 is 58.4 Å². The molecule has 1 aromatic rings. The van der Waals surface area contributed by atoms with E-state index < -0.39 is 12.8 Å². The van der Waals surface area contributed by atoms with Crippen LogP contribution < -0.4 is 57.1 Å². The first kappa shape index (κ1) is 15.2. The predicted molar refractivity (Wildman–Crippen MR) is 48.9 cm³/mol. The quantitative estimate of drug-likeness (QED) is 0.435. The molecule has 0 unspecified atom stereocenters. The molecule has 0 fully saturated rings. The molecule has 76 valence electrons. The van der Waals surface area contributed by atoms with Crippen molar-refractivity contribution in [3.05, 3.63) is 35.6 Å². The number of hydrogen-bond acceptors (Lipinski definition) is 1. The number of rotatable bonds is 2. The SMILES string of the molecule is Nc1ccc(/C=C/[B-](F)(F)F)cc1F.[K+]. The zero-order valence-corrected chi connectivity index (χ0v) is 11.2. The summed E-state index contributed by atoms with van der Waals surface area (Å²) >= 11 is 0. The van der Waals surface area contributed by atoms with Crippen LogP contribution in [0, 0.1) is 5.82 Å². The Morgan fingerprint density at radius 1 is 1.20 bits per heavy atom. The molecule has 1 nitrogen and oxygen atoms in total. The number of halogens is 4. The fourth-order valence-corrected chi connectivity index (χ4v) is 0.867. The third-order valence-corrected chi connectivity index (χ3v) is 1.53. The van der Waals surface area contributed by atoms with Crippen LogP contribution in [0.2, 0.25) is 0 Å². The molecule has 15 heavy (non-hydrogen) atoms. The molecule has 0 heterocycles. The molecule has 0 amide bonds. The second kappa shape index (κ2) is 6.05. The summed E-state index contributed by atoms with van der Waals surface area (Å²) in [6.07, 6.45) is 0.808. The van der Waals surface area contributed by atoms with Crippen LogP contribution in [-0.4, -0.2) is 6.98 Å². The van der Waals surface area contributed by atoms with Gasteiger partial charge in [-0.15, -0.1) is 5.98 Å². The second-order valence-electron chi connectivity index (χ2n) is 2.77. The Morgan fingerprint density at radius 3 is 2.27 bits per heavy atom. The minimum atomic E-state index is -4.98. The van der Waals surface area contributed by atoms with Crippen molar-refractivity contribution in [2.75, 3.05) is 5.73 Å². The van der Waals surface area contributed by atoms with Gasteiger partial charge < -0.3 is 18.7 Å². The average molecular weight is 243 g/mol. The van der Waals surface area contributed by atoms with E-state index in [0.717, 1.165) is 12.1 Å². The Hall–Kier alpha value is 0.181. The Balaban J connectivity index is 0.00000196. The summed E-state index contributed by atoms with van der Waals surface area (Å²) < 4.78 is 48.1. The summed E-state index contributed by atoms with van der Waals surface area (Å²) in [4.78, 5) is 0. The number of nitrogen functional groups attached to an aromatic ring is 1. The molecule has 1 aromatic carbocycles. The maximum Gasteiger partial charge on any atom is 1.00 e. The molecular weight excluding hydrogens is 236 g/mol. The van der Waals surface area contributed by atoms with Crippen molar-refractivity contribution >= 4 is 18.7 Å². The van der Waals surface area contributed by atoms with Crippen molar-refractivity contribution in [3.8, 4) is 0 Å². The van der Waals surface area contributed by atoms with E-state index >= 15 is 0 Å². The molecule has 7 heteroatoms. The van der Waals surface area contributed by atoms with Crippen LogP contribution in [0.4, 0.5) is 23.0 Å². The molecule has 0 aromatic heterocycles. The van der Waals surface area contributed by atoms with E-state index in [-0.39, 0.29) is 68.6 Å². The fourth-order valence-electron chi connectivity index (χ4n) is 0.867. The molecule has 0 saturated carbocycles. The zero-order chi connectivity index (χ0) is 10.8. The van der Waals surface area contributed by atoms with Gasteiger partial charge in [0.1, 0.15) is 5.82 Å². The van der Waals surface area contributed by atoms with E-state index in [4.69, 9.17) is 5.73 Å². The second-order valence-corrected chi connectivity index (χ2v) is 2.77. The summed E-state index contributed by atoms with van der Waals surface area (Å²) in [6, 6.07) is 3.49. The van der Waals surface area contributed by atoms with E-state index in [0.29, 0.717) is 0 Å². The molecule has 0 aliphatic carbocycles. The van der Waals surface area contributed by atoms with Crippen molar-refractivity contribution in [2.45, 2.75) is 0 Å². The Labute approximate surface area is 127 Å². The molecule has 0 aliphatic heterocycles. The van der Waals surface area contributed by atoms with Gasteiger partial charge in [-0.25, -0.2) is 4.39 Å². The Morgan fingerprint density at radius 2 is 1.80 bits per heavy atom. The van der Waals surface area contributed by atoms with Gasteiger partial charge in [-0.3, -0.25) is 0 Å². The first-order chi connectivity index (χ1) is 6.38. The summed E-state index contributed by atoms with van der Waals surface area (Å²) in [5, 5.41) is 0. The minimum absolute atomic E-state index is 0. The Bertz CT molecular complexity index is 364. The summed E-state index contributed by atoms with van der Waals surface area (Å²) in [5.41, 5.74) is 5.20. The largest absolute Gasteiger partial charge is 1.00 e. The third-order valence-electron chi connectivity index (χ3n) is 1.53. The van der Waals surface area contributed by atoms with E-state index in [2.05, 4.69) is 0 Å². The standard InChI is InChI=1S/C8H7BF4N.K/c10-7-5-6(1-2-8(7)14)3-4-9(11,12)13;/h1-5H,14H2;/q-1;+1/b4-3+;. The monoisotopic (exact) mass is 243 g/mol. The van der Waals surface area contributed by atoms with Crippen molar-refractivity contribution < 1.29 is 68.7 Å². The van der Waals surface area contributed by atoms with Crippen LogP contribution >= 0.6 is 0 Å². The summed E-state index contributed by atoms with van der Waals surface area (Å²) in [6.45, 7) is -4.98. The summed E-state index contributed by atoms with van der Waals surface area (Å²) in [5.74, 6) is -0.618. The van der Waals surface area contributed by atoms with Gasteiger partial charge in [0, 0.05) is 0 Å². The first-order valence-corrected chi connectivity index (χ1v) is 3.83. The molecule has 0 spiro atoms. The first-order valence-electron chi connectivity index (χ1n) is 3.83. The van der Waals surface area contributed by atoms with Crippen molar-refractivity contribution in [2.24, 2.45) is 0 Å². The van der Waals surface area contributed by atoms with E-state index in [9.17, 15) is 17.3 Å². The van der Waals surface area contributed by atoms with E-state index in [1.165, 1.54) is 12.1 Å². The molecule has 1 rings (SSSR count). The van der Waals surface area contributed by atoms with Crippen molar-refractivity contribution in [3.63, 3.8) is 0 Å². The van der Waals surface area contributed by atoms with E-state index in [1.807, 2.05) is 0 Å². The number of hydrogen-bond donors (Lipinski definition) is 1. The number of benzene rings is 1. The molecule has 0 bridgehead atoms. The van der Waals surface area contributed by atoms with Crippen LogP contribution in [0.1, 0.15) is 5.56 Å². The maximum absolute atomic E-state index is 12.8. The fraction of sp³-hybridized carbons (Fsp3) is 0. The van der Waals surface area contributed by atoms with Gasteiger partial charge in [0.25, 0.3) is 0 Å². The molecule has 2 N–H and O–H groups in total. The van der Waals surface area contributed by atoms with Crippen molar-refractivity contribution in [1.82, 2.24) is 0 Å². The maximum atomic E-state index is 12.8. The normalized spacial score (nSPS) is 11.5.